The van der Waals surface area contributed by atoms with Gasteiger partial charge in [0.05, 0.1) is 11.2 Å². The number of rotatable bonds is 4. The zero-order chi connectivity index (χ0) is 30.5. The molecule has 0 saturated heterocycles. The first-order chi connectivity index (χ1) is 22.8. The molecule has 7 aromatic carbocycles. The molecule has 0 amide bonds. The van der Waals surface area contributed by atoms with Crippen molar-refractivity contribution < 1.29 is 0 Å². The van der Waals surface area contributed by atoms with Crippen molar-refractivity contribution in [1.82, 2.24) is 19.9 Å². The first-order valence-corrected chi connectivity index (χ1v) is 15.4. The zero-order valence-corrected chi connectivity index (χ0v) is 24.8. The van der Waals surface area contributed by atoms with E-state index in [4.69, 9.17) is 19.9 Å². The summed E-state index contributed by atoms with van der Waals surface area (Å²) in [7, 11) is 0. The van der Waals surface area contributed by atoms with Gasteiger partial charge in [0, 0.05) is 38.4 Å². The minimum atomic E-state index is 0.608. The first kappa shape index (κ1) is 26.2. The number of para-hydroxylation sites is 1. The van der Waals surface area contributed by atoms with Gasteiger partial charge in [-0.3, -0.25) is 0 Å². The van der Waals surface area contributed by atoms with Crippen LogP contribution in [0.1, 0.15) is 0 Å². The van der Waals surface area contributed by atoms with Crippen molar-refractivity contribution in [2.75, 3.05) is 0 Å². The van der Waals surface area contributed by atoms with Crippen molar-refractivity contribution >= 4 is 43.2 Å². The summed E-state index contributed by atoms with van der Waals surface area (Å²) in [6.45, 7) is 0. The normalized spacial score (nSPS) is 11.5. The highest BCUT2D eigenvalue weighted by Gasteiger charge is 2.21. The monoisotopic (exact) mass is 586 g/mol. The summed E-state index contributed by atoms with van der Waals surface area (Å²) in [5, 5.41) is 8.30. The van der Waals surface area contributed by atoms with E-state index in [-0.39, 0.29) is 0 Å². The fourth-order valence-corrected chi connectivity index (χ4v) is 6.63. The van der Waals surface area contributed by atoms with Gasteiger partial charge < -0.3 is 0 Å². The molecule has 0 unspecified atom stereocenters. The molecule has 0 N–H and O–H groups in total. The molecule has 2 heterocycles. The topological polar surface area (TPSA) is 51.6 Å². The lowest BCUT2D eigenvalue weighted by atomic mass is 9.89. The van der Waals surface area contributed by atoms with Gasteiger partial charge in [0.25, 0.3) is 0 Å². The van der Waals surface area contributed by atoms with Crippen LogP contribution >= 0.6 is 0 Å². The van der Waals surface area contributed by atoms with E-state index in [1.807, 2.05) is 66.7 Å². The van der Waals surface area contributed by atoms with Crippen LogP contribution in [0.5, 0.6) is 0 Å². The predicted molar refractivity (Wildman–Crippen MR) is 189 cm³/mol. The van der Waals surface area contributed by atoms with Crippen LogP contribution in [0.25, 0.3) is 88.6 Å². The van der Waals surface area contributed by atoms with Gasteiger partial charge in [-0.05, 0) is 27.6 Å². The van der Waals surface area contributed by atoms with Crippen LogP contribution in [0.15, 0.2) is 158 Å². The maximum atomic E-state index is 5.41. The number of aromatic nitrogens is 4. The molecule has 4 nitrogen and oxygen atoms in total. The van der Waals surface area contributed by atoms with Gasteiger partial charge in [0.2, 0.25) is 0 Å². The Morgan fingerprint density at radius 1 is 0.283 bits per heavy atom. The number of hydrogen-bond donors (Lipinski definition) is 0. The Bertz CT molecular complexity index is 2520. The van der Waals surface area contributed by atoms with Crippen LogP contribution in [0.2, 0.25) is 0 Å². The van der Waals surface area contributed by atoms with Gasteiger partial charge in [-0.15, -0.1) is 0 Å². The van der Waals surface area contributed by atoms with Crippen LogP contribution < -0.4 is 0 Å². The third kappa shape index (κ3) is 4.23. The largest absolute Gasteiger partial charge is 0.247 e. The molecule has 46 heavy (non-hydrogen) atoms. The Kier molecular flexibility index (Phi) is 6.10. The molecule has 0 radical (unpaired) electrons. The van der Waals surface area contributed by atoms with Crippen LogP contribution in [-0.2, 0) is 0 Å². The standard InChI is InChI=1S/C42H26N4/c1-3-15-27(16-4-1)40-44-41(28-17-5-2-6-18-28)46-42(45-40)34-24-12-11-23-33(34)39-38-32-22-10-8-20-30(32)29-19-7-9-21-31(29)37(38)35-25-13-14-26-36(35)43-39/h1-26H. The molecule has 214 valence electrons. The van der Waals surface area contributed by atoms with Crippen molar-refractivity contribution in [3.05, 3.63) is 158 Å². The van der Waals surface area contributed by atoms with E-state index in [9.17, 15) is 0 Å². The average Bonchev–Trinajstić information content (AvgIpc) is 3.15. The summed E-state index contributed by atoms with van der Waals surface area (Å²) in [4.78, 5) is 20.5. The fourth-order valence-electron chi connectivity index (χ4n) is 6.63. The van der Waals surface area contributed by atoms with Crippen molar-refractivity contribution in [2.45, 2.75) is 0 Å². The number of nitrogens with zero attached hydrogens (tertiary/aromatic N) is 4. The van der Waals surface area contributed by atoms with Crippen molar-refractivity contribution in [1.29, 1.82) is 0 Å². The van der Waals surface area contributed by atoms with Gasteiger partial charge in [0.1, 0.15) is 0 Å². The van der Waals surface area contributed by atoms with Gasteiger partial charge in [-0.25, -0.2) is 19.9 Å². The molecule has 0 spiro atoms. The Labute approximate surface area is 265 Å². The molecule has 0 saturated carbocycles. The molecule has 0 bridgehead atoms. The Morgan fingerprint density at radius 3 is 1.33 bits per heavy atom. The van der Waals surface area contributed by atoms with Crippen molar-refractivity contribution in [2.24, 2.45) is 0 Å². The smallest absolute Gasteiger partial charge is 0.164 e. The first-order valence-electron chi connectivity index (χ1n) is 15.4. The van der Waals surface area contributed by atoms with Gasteiger partial charge in [-0.1, -0.05) is 152 Å². The molecule has 0 atom stereocenters. The molecule has 2 aromatic heterocycles. The van der Waals surface area contributed by atoms with E-state index in [0.29, 0.717) is 17.5 Å². The highest BCUT2D eigenvalue weighted by molar-refractivity contribution is 6.33. The summed E-state index contributed by atoms with van der Waals surface area (Å²) in [6, 6.07) is 54.4. The molecule has 0 aliphatic rings. The minimum Gasteiger partial charge on any atom is -0.247 e. The van der Waals surface area contributed by atoms with Gasteiger partial charge >= 0.3 is 0 Å². The SMILES string of the molecule is c1ccc(-c2nc(-c3ccccc3)nc(-c3ccccc3-c3nc4ccccc4c4c5ccccc5c5ccccc5c34)n2)cc1. The molecule has 0 aliphatic heterocycles. The summed E-state index contributed by atoms with van der Waals surface area (Å²) < 4.78 is 0. The number of pyridine rings is 1. The predicted octanol–water partition coefficient (Wildman–Crippen LogP) is 10.5. The minimum absolute atomic E-state index is 0.608. The third-order valence-corrected chi connectivity index (χ3v) is 8.70. The highest BCUT2D eigenvalue weighted by atomic mass is 15.0. The molecule has 9 aromatic rings. The van der Waals surface area contributed by atoms with Gasteiger partial charge in [-0.2, -0.15) is 0 Å². The lowest BCUT2D eigenvalue weighted by Crippen LogP contribution is -2.01. The number of benzene rings is 7. The van der Waals surface area contributed by atoms with E-state index in [2.05, 4.69) is 91.0 Å². The van der Waals surface area contributed by atoms with Crippen LogP contribution in [0.3, 0.4) is 0 Å². The van der Waals surface area contributed by atoms with Crippen molar-refractivity contribution in [3.63, 3.8) is 0 Å². The molecule has 0 fully saturated rings. The Hall–Kier alpha value is -6.26. The second-order valence-electron chi connectivity index (χ2n) is 11.4. The van der Waals surface area contributed by atoms with E-state index in [0.717, 1.165) is 44.2 Å². The number of hydrogen-bond acceptors (Lipinski definition) is 4. The molecule has 4 heteroatoms. The quantitative estimate of drug-likeness (QED) is 0.193. The lowest BCUT2D eigenvalue weighted by Gasteiger charge is -2.18. The third-order valence-electron chi connectivity index (χ3n) is 8.70. The maximum Gasteiger partial charge on any atom is 0.164 e. The van der Waals surface area contributed by atoms with Crippen LogP contribution in [0.4, 0.5) is 0 Å². The average molecular weight is 587 g/mol. The molecule has 9 rings (SSSR count). The zero-order valence-electron chi connectivity index (χ0n) is 24.8. The molecular weight excluding hydrogens is 560 g/mol. The fraction of sp³-hybridized carbons (Fsp3) is 0. The van der Waals surface area contributed by atoms with Crippen LogP contribution in [-0.4, -0.2) is 19.9 Å². The summed E-state index contributed by atoms with van der Waals surface area (Å²) in [5.74, 6) is 1.87. The second kappa shape index (κ2) is 10.7. The van der Waals surface area contributed by atoms with E-state index >= 15 is 0 Å². The van der Waals surface area contributed by atoms with E-state index in [1.54, 1.807) is 0 Å². The van der Waals surface area contributed by atoms with Crippen LogP contribution in [0, 0.1) is 0 Å². The maximum absolute atomic E-state index is 5.41. The summed E-state index contributed by atoms with van der Waals surface area (Å²) >= 11 is 0. The molecular formula is C42H26N4. The van der Waals surface area contributed by atoms with E-state index < -0.39 is 0 Å². The van der Waals surface area contributed by atoms with Gasteiger partial charge in [0.15, 0.2) is 17.5 Å². The summed E-state index contributed by atoms with van der Waals surface area (Å²) in [6.07, 6.45) is 0. The Morgan fingerprint density at radius 2 is 0.717 bits per heavy atom. The Balaban J connectivity index is 1.40. The highest BCUT2D eigenvalue weighted by Crippen LogP contribution is 2.44. The van der Waals surface area contributed by atoms with E-state index in [1.165, 1.54) is 26.9 Å². The lowest BCUT2D eigenvalue weighted by molar-refractivity contribution is 1.07. The number of fused-ring (bicyclic) bond motifs is 8. The molecule has 0 aliphatic carbocycles. The van der Waals surface area contributed by atoms with Crippen molar-refractivity contribution in [3.8, 4) is 45.4 Å². The summed E-state index contributed by atoms with van der Waals surface area (Å²) in [5.41, 5.74) is 5.61. The second-order valence-corrected chi connectivity index (χ2v) is 11.4.